The van der Waals surface area contributed by atoms with Crippen LogP contribution in [0.15, 0.2) is 67.0 Å². The quantitative estimate of drug-likeness (QED) is 0.403. The lowest BCUT2D eigenvalue weighted by Gasteiger charge is -2.06. The average Bonchev–Trinajstić information content (AvgIpc) is 3.20. The van der Waals surface area contributed by atoms with Gasteiger partial charge in [0.15, 0.2) is 17.5 Å². The van der Waals surface area contributed by atoms with E-state index in [1.807, 2.05) is 24.3 Å². The van der Waals surface area contributed by atoms with Crippen molar-refractivity contribution in [2.24, 2.45) is 0 Å². The first-order valence-electron chi connectivity index (χ1n) is 9.30. The van der Waals surface area contributed by atoms with E-state index in [1.54, 1.807) is 23.0 Å². The second-order valence-electron chi connectivity index (χ2n) is 6.81. The third-order valence-corrected chi connectivity index (χ3v) is 4.94. The summed E-state index contributed by atoms with van der Waals surface area (Å²) >= 11 is 5.92. The van der Waals surface area contributed by atoms with Gasteiger partial charge in [-0.1, -0.05) is 29.8 Å². The van der Waals surface area contributed by atoms with E-state index in [0.717, 1.165) is 17.3 Å². The number of aromatic nitrogens is 6. The molecule has 1 aromatic heterocycles. The Bertz CT molecular complexity index is 1340. The van der Waals surface area contributed by atoms with Gasteiger partial charge in [0.05, 0.1) is 35.9 Å². The van der Waals surface area contributed by atoms with Crippen molar-refractivity contribution in [1.82, 2.24) is 29.9 Å². The predicted molar refractivity (Wildman–Crippen MR) is 111 cm³/mol. The first kappa shape index (κ1) is 19.2. The molecule has 0 fully saturated rings. The molecule has 0 aliphatic carbocycles. The first-order valence-corrected chi connectivity index (χ1v) is 9.68. The third kappa shape index (κ3) is 3.85. The molecule has 0 bridgehead atoms. The standard InChI is InChI=1S/C22H13ClF2N6/c23-14-6-4-13(5-7-14)18-9-8-15(29-30-18)11-31-12-20-19(10-26-31)27-22(28-20)16-2-1-3-17(24)21(16)25/h1-10,12H,11H2. The van der Waals surface area contributed by atoms with E-state index >= 15 is 0 Å². The number of hydrogen-bond acceptors (Lipinski definition) is 5. The van der Waals surface area contributed by atoms with Crippen molar-refractivity contribution in [2.75, 3.05) is 0 Å². The van der Waals surface area contributed by atoms with Gasteiger partial charge in [0.25, 0.3) is 0 Å². The van der Waals surface area contributed by atoms with Crippen LogP contribution in [0.2, 0.25) is 5.02 Å². The van der Waals surface area contributed by atoms with E-state index < -0.39 is 11.6 Å². The zero-order valence-corrected chi connectivity index (χ0v) is 16.6. The molecule has 0 atom stereocenters. The minimum atomic E-state index is -0.977. The Kier molecular flexibility index (Phi) is 4.83. The van der Waals surface area contributed by atoms with Crippen LogP contribution < -0.4 is 0 Å². The molecule has 5 rings (SSSR count). The van der Waals surface area contributed by atoms with Crippen molar-refractivity contribution in [3.05, 3.63) is 89.3 Å². The lowest BCUT2D eigenvalue weighted by atomic mass is 10.1. The van der Waals surface area contributed by atoms with E-state index in [1.165, 1.54) is 18.3 Å². The molecule has 2 aliphatic heterocycles. The van der Waals surface area contributed by atoms with Crippen LogP contribution >= 0.6 is 11.6 Å². The second-order valence-corrected chi connectivity index (χ2v) is 7.24. The molecule has 6 nitrogen and oxygen atoms in total. The van der Waals surface area contributed by atoms with Crippen LogP contribution in [0, 0.1) is 11.6 Å². The molecule has 0 unspecified atom stereocenters. The second kappa shape index (κ2) is 7.81. The Hall–Kier alpha value is -3.78. The molecule has 3 aromatic rings. The molecule has 9 heteroatoms. The largest absolute Gasteiger partial charge is 0.264 e. The molecule has 0 radical (unpaired) electrons. The summed E-state index contributed by atoms with van der Waals surface area (Å²) in [6, 6.07) is 15.0. The van der Waals surface area contributed by atoms with Gasteiger partial charge in [0, 0.05) is 10.6 Å². The lowest BCUT2D eigenvalue weighted by molar-refractivity contribution is 0.510. The number of benzene rings is 2. The molecular formula is C22H13ClF2N6. The van der Waals surface area contributed by atoms with Gasteiger partial charge in [-0.15, -0.1) is 0 Å². The molecule has 152 valence electrons. The molecule has 0 saturated heterocycles. The number of imidazole rings is 1. The Morgan fingerprint density at radius 1 is 0.839 bits per heavy atom. The lowest BCUT2D eigenvalue weighted by Crippen LogP contribution is -2.07. The van der Waals surface area contributed by atoms with Crippen molar-refractivity contribution in [2.45, 2.75) is 6.54 Å². The molecule has 0 saturated carbocycles. The zero-order chi connectivity index (χ0) is 21.4. The number of halogens is 3. The zero-order valence-electron chi connectivity index (χ0n) is 15.9. The Morgan fingerprint density at radius 2 is 1.65 bits per heavy atom. The monoisotopic (exact) mass is 434 g/mol. The smallest absolute Gasteiger partial charge is 0.169 e. The van der Waals surface area contributed by atoms with Gasteiger partial charge in [-0.25, -0.2) is 18.7 Å². The number of nitrogens with zero attached hydrogens (tertiary/aromatic N) is 6. The maximum Gasteiger partial charge on any atom is 0.169 e. The van der Waals surface area contributed by atoms with Gasteiger partial charge in [-0.2, -0.15) is 15.3 Å². The highest BCUT2D eigenvalue weighted by molar-refractivity contribution is 6.30. The molecule has 2 aromatic carbocycles. The fourth-order valence-corrected chi connectivity index (χ4v) is 3.26. The Labute approximate surface area is 180 Å². The molecule has 2 aliphatic rings. The van der Waals surface area contributed by atoms with Crippen molar-refractivity contribution < 1.29 is 8.78 Å². The minimum absolute atomic E-state index is 0.00593. The number of rotatable bonds is 4. The van der Waals surface area contributed by atoms with E-state index in [9.17, 15) is 8.78 Å². The highest BCUT2D eigenvalue weighted by Crippen LogP contribution is 2.27. The van der Waals surface area contributed by atoms with Gasteiger partial charge in [0.1, 0.15) is 11.4 Å². The van der Waals surface area contributed by atoms with Crippen LogP contribution in [0.25, 0.3) is 34.0 Å². The normalized spacial score (nSPS) is 11.2. The summed E-state index contributed by atoms with van der Waals surface area (Å²) in [5.41, 5.74) is 3.35. The fourth-order valence-electron chi connectivity index (χ4n) is 3.13. The summed E-state index contributed by atoms with van der Waals surface area (Å²) in [6.45, 7) is 0.361. The summed E-state index contributed by atoms with van der Waals surface area (Å²) in [5.74, 6) is -1.81. The van der Waals surface area contributed by atoms with Crippen molar-refractivity contribution in [3.63, 3.8) is 0 Å². The summed E-state index contributed by atoms with van der Waals surface area (Å²) in [4.78, 5) is 8.58. The van der Waals surface area contributed by atoms with Crippen LogP contribution in [0.5, 0.6) is 0 Å². The fraction of sp³-hybridized carbons (Fsp3) is 0.0455. The van der Waals surface area contributed by atoms with Gasteiger partial charge in [-0.05, 0) is 36.4 Å². The van der Waals surface area contributed by atoms with Gasteiger partial charge >= 0.3 is 0 Å². The molecule has 0 amide bonds. The number of hydrogen-bond donors (Lipinski definition) is 0. The van der Waals surface area contributed by atoms with Crippen molar-refractivity contribution >= 4 is 11.6 Å². The summed E-state index contributed by atoms with van der Waals surface area (Å²) in [6.07, 6.45) is 3.20. The molecular weight excluding hydrogens is 422 g/mol. The van der Waals surface area contributed by atoms with E-state index in [0.29, 0.717) is 28.6 Å². The van der Waals surface area contributed by atoms with E-state index in [4.69, 9.17) is 11.6 Å². The van der Waals surface area contributed by atoms with Crippen LogP contribution in [0.4, 0.5) is 8.78 Å². The third-order valence-electron chi connectivity index (χ3n) is 4.69. The van der Waals surface area contributed by atoms with Crippen LogP contribution in [-0.2, 0) is 6.54 Å². The highest BCUT2D eigenvalue weighted by Gasteiger charge is 2.18. The predicted octanol–water partition coefficient (Wildman–Crippen LogP) is 4.88. The number of fused-ring (bicyclic) bond motifs is 1. The molecule has 31 heavy (non-hydrogen) atoms. The Morgan fingerprint density at radius 3 is 2.42 bits per heavy atom. The molecule has 0 spiro atoms. The van der Waals surface area contributed by atoms with Crippen LogP contribution in [-0.4, -0.2) is 29.9 Å². The van der Waals surface area contributed by atoms with E-state index in [-0.39, 0.29) is 11.4 Å². The summed E-state index contributed by atoms with van der Waals surface area (Å²) in [7, 11) is 0. The molecule has 0 N–H and O–H groups in total. The SMILES string of the molecule is Fc1cccc(-c2nc3cnn(Cc4ccc(-c5ccc(Cl)cc5)nn4)cc-3n2)c1F. The first-order chi connectivity index (χ1) is 15.1. The van der Waals surface area contributed by atoms with Gasteiger partial charge in [-0.3, -0.25) is 4.68 Å². The topological polar surface area (TPSA) is 69.4 Å². The Balaban J connectivity index is 1.39. The van der Waals surface area contributed by atoms with Crippen LogP contribution in [0.1, 0.15) is 5.69 Å². The van der Waals surface area contributed by atoms with Crippen LogP contribution in [0.3, 0.4) is 0 Å². The maximum atomic E-state index is 14.1. The summed E-state index contributed by atoms with van der Waals surface area (Å²) < 4.78 is 29.2. The van der Waals surface area contributed by atoms with Gasteiger partial charge < -0.3 is 0 Å². The van der Waals surface area contributed by atoms with Crippen molar-refractivity contribution in [1.29, 1.82) is 0 Å². The van der Waals surface area contributed by atoms with Crippen molar-refractivity contribution in [3.8, 4) is 34.0 Å². The average molecular weight is 435 g/mol. The van der Waals surface area contributed by atoms with Gasteiger partial charge in [0.2, 0.25) is 0 Å². The van der Waals surface area contributed by atoms with E-state index in [2.05, 4.69) is 25.3 Å². The maximum absolute atomic E-state index is 14.1. The highest BCUT2D eigenvalue weighted by atomic mass is 35.5. The minimum Gasteiger partial charge on any atom is -0.264 e. The molecule has 3 heterocycles. The summed E-state index contributed by atoms with van der Waals surface area (Å²) in [5, 5.41) is 13.5.